The number of aliphatic carboxylic acids is 1. The minimum atomic E-state index is -1.11. The summed E-state index contributed by atoms with van der Waals surface area (Å²) in [5.74, 6) is -1.75. The standard InChI is InChI=1S/C19H19NO5/c1-12-3-5-14(6-4-12)11-17(19(23)24)20-18(22)15-7-9-16(10-8-15)25-13(2)21/h3-10,17H,11H2,1-2H3,(H,20,22)(H,23,24)/t17-/m0/s1. The molecule has 0 spiro atoms. The van der Waals surface area contributed by atoms with Crippen LogP contribution in [0.4, 0.5) is 0 Å². The Morgan fingerprint density at radius 2 is 1.64 bits per heavy atom. The largest absolute Gasteiger partial charge is 0.480 e. The molecule has 25 heavy (non-hydrogen) atoms. The van der Waals surface area contributed by atoms with Crippen LogP contribution in [0.2, 0.25) is 0 Å². The SMILES string of the molecule is CC(=O)Oc1ccc(C(=O)N[C@@H](Cc2ccc(C)cc2)C(=O)O)cc1. The molecule has 0 radical (unpaired) electrons. The molecule has 6 nitrogen and oxygen atoms in total. The zero-order valence-electron chi connectivity index (χ0n) is 14.0. The van der Waals surface area contributed by atoms with Gasteiger partial charge in [-0.3, -0.25) is 9.59 Å². The minimum absolute atomic E-state index is 0.187. The van der Waals surface area contributed by atoms with Crippen molar-refractivity contribution in [2.24, 2.45) is 0 Å². The lowest BCUT2D eigenvalue weighted by Gasteiger charge is -2.15. The Morgan fingerprint density at radius 3 is 2.16 bits per heavy atom. The molecule has 0 aliphatic heterocycles. The molecule has 0 saturated heterocycles. The number of ether oxygens (including phenoxy) is 1. The van der Waals surface area contributed by atoms with Crippen LogP contribution in [-0.4, -0.2) is 29.0 Å². The smallest absolute Gasteiger partial charge is 0.326 e. The lowest BCUT2D eigenvalue weighted by atomic mass is 10.0. The number of carboxylic acids is 1. The van der Waals surface area contributed by atoms with Crippen molar-refractivity contribution in [1.29, 1.82) is 0 Å². The zero-order valence-corrected chi connectivity index (χ0v) is 14.0. The van der Waals surface area contributed by atoms with Gasteiger partial charge in [0, 0.05) is 18.9 Å². The summed E-state index contributed by atoms with van der Waals surface area (Å²) in [5.41, 5.74) is 2.18. The number of hydrogen-bond acceptors (Lipinski definition) is 4. The molecule has 2 aromatic carbocycles. The third-order valence-corrected chi connectivity index (χ3v) is 3.54. The van der Waals surface area contributed by atoms with Crippen LogP contribution >= 0.6 is 0 Å². The number of amides is 1. The first-order valence-electron chi connectivity index (χ1n) is 7.73. The van der Waals surface area contributed by atoms with Crippen LogP contribution in [0.5, 0.6) is 5.75 Å². The summed E-state index contributed by atoms with van der Waals surface area (Å²) in [7, 11) is 0. The Morgan fingerprint density at radius 1 is 1.04 bits per heavy atom. The minimum Gasteiger partial charge on any atom is -0.480 e. The first kappa shape index (κ1) is 18.2. The van der Waals surface area contributed by atoms with Gasteiger partial charge in [0.05, 0.1) is 0 Å². The van der Waals surface area contributed by atoms with E-state index in [9.17, 15) is 19.5 Å². The van der Waals surface area contributed by atoms with Crippen molar-refractivity contribution in [3.05, 3.63) is 65.2 Å². The third kappa shape index (κ3) is 5.46. The van der Waals surface area contributed by atoms with Crippen LogP contribution in [-0.2, 0) is 16.0 Å². The van der Waals surface area contributed by atoms with E-state index in [-0.39, 0.29) is 12.0 Å². The third-order valence-electron chi connectivity index (χ3n) is 3.54. The van der Waals surface area contributed by atoms with Gasteiger partial charge in [-0.15, -0.1) is 0 Å². The molecule has 0 saturated carbocycles. The molecule has 2 N–H and O–H groups in total. The van der Waals surface area contributed by atoms with Gasteiger partial charge < -0.3 is 15.2 Å². The highest BCUT2D eigenvalue weighted by atomic mass is 16.5. The summed E-state index contributed by atoms with van der Waals surface area (Å²) in [6.07, 6.45) is 0.187. The van der Waals surface area contributed by atoms with E-state index in [2.05, 4.69) is 5.32 Å². The lowest BCUT2D eigenvalue weighted by Crippen LogP contribution is -2.42. The van der Waals surface area contributed by atoms with E-state index >= 15 is 0 Å². The van der Waals surface area contributed by atoms with Crippen LogP contribution in [0.1, 0.15) is 28.4 Å². The molecular weight excluding hydrogens is 322 g/mol. The fourth-order valence-electron chi connectivity index (χ4n) is 2.24. The molecule has 0 aliphatic carbocycles. The van der Waals surface area contributed by atoms with Crippen molar-refractivity contribution in [2.75, 3.05) is 0 Å². The molecular formula is C19H19NO5. The number of carbonyl (C=O) groups is 3. The average Bonchev–Trinajstić information content (AvgIpc) is 2.56. The Bertz CT molecular complexity index is 765. The second kappa shape index (κ2) is 8.10. The Balaban J connectivity index is 2.05. The monoisotopic (exact) mass is 341 g/mol. The van der Waals surface area contributed by atoms with E-state index in [0.29, 0.717) is 5.75 Å². The number of nitrogens with one attached hydrogen (secondary N) is 1. The highest BCUT2D eigenvalue weighted by Crippen LogP contribution is 2.13. The van der Waals surface area contributed by atoms with E-state index in [0.717, 1.165) is 11.1 Å². The summed E-state index contributed by atoms with van der Waals surface area (Å²) in [6, 6.07) is 12.3. The van der Waals surface area contributed by atoms with Crippen molar-refractivity contribution >= 4 is 17.8 Å². The van der Waals surface area contributed by atoms with Gasteiger partial charge in [-0.2, -0.15) is 0 Å². The highest BCUT2D eigenvalue weighted by Gasteiger charge is 2.21. The second-order valence-corrected chi connectivity index (χ2v) is 5.67. The predicted molar refractivity (Wildman–Crippen MR) is 91.5 cm³/mol. The first-order chi connectivity index (χ1) is 11.8. The Labute approximate surface area is 145 Å². The van der Waals surface area contributed by atoms with Crippen LogP contribution in [0, 0.1) is 6.92 Å². The van der Waals surface area contributed by atoms with Crippen LogP contribution < -0.4 is 10.1 Å². The van der Waals surface area contributed by atoms with E-state index in [1.165, 1.54) is 31.2 Å². The Hall–Kier alpha value is -3.15. The summed E-state index contributed by atoms with van der Waals surface area (Å²) in [6.45, 7) is 3.23. The fraction of sp³-hybridized carbons (Fsp3) is 0.211. The van der Waals surface area contributed by atoms with Crippen molar-refractivity contribution in [3.8, 4) is 5.75 Å². The maximum atomic E-state index is 12.3. The van der Waals surface area contributed by atoms with Crippen molar-refractivity contribution < 1.29 is 24.2 Å². The van der Waals surface area contributed by atoms with Crippen molar-refractivity contribution in [2.45, 2.75) is 26.3 Å². The maximum Gasteiger partial charge on any atom is 0.326 e. The van der Waals surface area contributed by atoms with Gasteiger partial charge in [0.1, 0.15) is 11.8 Å². The van der Waals surface area contributed by atoms with E-state index in [1.807, 2.05) is 31.2 Å². The van der Waals surface area contributed by atoms with Gasteiger partial charge in [0.25, 0.3) is 5.91 Å². The number of rotatable bonds is 6. The van der Waals surface area contributed by atoms with Gasteiger partial charge in [0.2, 0.25) is 0 Å². The number of carboxylic acid groups (broad SMARTS) is 1. The number of benzene rings is 2. The number of carbonyl (C=O) groups excluding carboxylic acids is 2. The predicted octanol–water partition coefficient (Wildman–Crippen LogP) is 2.35. The summed E-state index contributed by atoms with van der Waals surface area (Å²) >= 11 is 0. The van der Waals surface area contributed by atoms with Gasteiger partial charge in [-0.1, -0.05) is 29.8 Å². The van der Waals surface area contributed by atoms with E-state index < -0.39 is 23.9 Å². The van der Waals surface area contributed by atoms with Crippen molar-refractivity contribution in [3.63, 3.8) is 0 Å². The molecule has 0 fully saturated rings. The first-order valence-corrected chi connectivity index (χ1v) is 7.73. The molecule has 0 aromatic heterocycles. The van der Waals surface area contributed by atoms with Crippen LogP contribution in [0.15, 0.2) is 48.5 Å². The number of hydrogen-bond donors (Lipinski definition) is 2. The quantitative estimate of drug-likeness (QED) is 0.621. The zero-order chi connectivity index (χ0) is 18.4. The lowest BCUT2D eigenvalue weighted by molar-refractivity contribution is -0.139. The number of esters is 1. The molecule has 0 bridgehead atoms. The summed E-state index contributed by atoms with van der Waals surface area (Å²) < 4.78 is 4.89. The molecule has 6 heteroatoms. The highest BCUT2D eigenvalue weighted by molar-refractivity contribution is 5.96. The maximum absolute atomic E-state index is 12.3. The molecule has 0 unspecified atom stereocenters. The molecule has 1 atom stereocenters. The van der Waals surface area contributed by atoms with Gasteiger partial charge in [0.15, 0.2) is 0 Å². The molecule has 1 amide bonds. The molecule has 2 rings (SSSR count). The normalized spacial score (nSPS) is 11.4. The summed E-state index contributed by atoms with van der Waals surface area (Å²) in [5, 5.41) is 11.9. The van der Waals surface area contributed by atoms with Crippen LogP contribution in [0.3, 0.4) is 0 Å². The van der Waals surface area contributed by atoms with Gasteiger partial charge >= 0.3 is 11.9 Å². The van der Waals surface area contributed by atoms with Crippen LogP contribution in [0.25, 0.3) is 0 Å². The second-order valence-electron chi connectivity index (χ2n) is 5.67. The summed E-state index contributed by atoms with van der Waals surface area (Å²) in [4.78, 5) is 34.6. The molecule has 2 aromatic rings. The fourth-order valence-corrected chi connectivity index (χ4v) is 2.24. The molecule has 0 heterocycles. The van der Waals surface area contributed by atoms with E-state index in [1.54, 1.807) is 0 Å². The topological polar surface area (TPSA) is 92.7 Å². The number of aryl methyl sites for hydroxylation is 1. The van der Waals surface area contributed by atoms with E-state index in [4.69, 9.17) is 4.74 Å². The van der Waals surface area contributed by atoms with Crippen molar-refractivity contribution in [1.82, 2.24) is 5.32 Å². The van der Waals surface area contributed by atoms with Gasteiger partial charge in [-0.05, 0) is 36.8 Å². The molecule has 130 valence electrons. The average molecular weight is 341 g/mol. The van der Waals surface area contributed by atoms with Gasteiger partial charge in [-0.25, -0.2) is 4.79 Å². The molecule has 0 aliphatic rings. The Kier molecular flexibility index (Phi) is 5.89.